The summed E-state index contributed by atoms with van der Waals surface area (Å²) in [5.74, 6) is 1.62. The van der Waals surface area contributed by atoms with Gasteiger partial charge in [-0.15, -0.1) is 11.8 Å². The number of thioether (sulfide) groups is 1. The van der Waals surface area contributed by atoms with E-state index in [0.717, 1.165) is 43.3 Å². The Labute approximate surface area is 210 Å². The van der Waals surface area contributed by atoms with Crippen LogP contribution in [0.4, 0.5) is 4.39 Å². The lowest BCUT2D eigenvalue weighted by atomic mass is 9.74. The van der Waals surface area contributed by atoms with Crippen molar-refractivity contribution in [3.63, 3.8) is 0 Å². The molecule has 1 atom stereocenters. The van der Waals surface area contributed by atoms with Crippen LogP contribution in [0, 0.1) is 5.41 Å². The molecule has 0 bridgehead atoms. The third-order valence-corrected chi connectivity index (χ3v) is 8.10. The third kappa shape index (κ3) is 6.30. The van der Waals surface area contributed by atoms with E-state index in [9.17, 15) is 14.6 Å². The van der Waals surface area contributed by atoms with E-state index in [1.807, 2.05) is 42.6 Å². The third-order valence-electron chi connectivity index (χ3n) is 7.17. The Morgan fingerprint density at radius 2 is 2.03 bits per heavy atom. The number of nitrogens with zero attached hydrogens (tertiary/aromatic N) is 3. The Hall–Kier alpha value is -2.26. The van der Waals surface area contributed by atoms with Gasteiger partial charge in [-0.25, -0.2) is 9.37 Å². The summed E-state index contributed by atoms with van der Waals surface area (Å²) in [6.07, 6.45) is 5.39. The minimum atomic E-state index is -0.838. The van der Waals surface area contributed by atoms with Gasteiger partial charge in [-0.05, 0) is 80.1 Å². The number of piperidine rings is 1. The Bertz CT molecular complexity index is 1090. The number of ether oxygens (including phenoxy) is 1. The zero-order valence-corrected chi connectivity index (χ0v) is 21.0. The molecular weight excluding hydrogens is 465 g/mol. The Balaban J connectivity index is 1.36. The predicted octanol–water partition coefficient (Wildman–Crippen LogP) is 4.79. The number of hydrogen-bond acceptors (Lipinski definition) is 7. The number of rotatable bonds is 11. The van der Waals surface area contributed by atoms with Gasteiger partial charge >= 0.3 is 0 Å². The van der Waals surface area contributed by atoms with Gasteiger partial charge in [0.05, 0.1) is 23.8 Å². The highest BCUT2D eigenvalue weighted by molar-refractivity contribution is 7.99. The molecule has 1 saturated heterocycles. The second-order valence-electron chi connectivity index (χ2n) is 9.28. The van der Waals surface area contributed by atoms with Crippen LogP contribution in [0.5, 0.6) is 5.75 Å². The lowest BCUT2D eigenvalue weighted by Crippen LogP contribution is -2.43. The Morgan fingerprint density at radius 1 is 1.20 bits per heavy atom. The van der Waals surface area contributed by atoms with Crippen molar-refractivity contribution in [2.24, 2.45) is 5.41 Å². The molecule has 8 heteroatoms. The maximum atomic E-state index is 13.8. The summed E-state index contributed by atoms with van der Waals surface area (Å²) in [6.45, 7) is 2.23. The highest BCUT2D eigenvalue weighted by Gasteiger charge is 2.34. The fourth-order valence-electron chi connectivity index (χ4n) is 4.90. The number of benzene rings is 1. The van der Waals surface area contributed by atoms with E-state index in [1.54, 1.807) is 18.9 Å². The largest absolute Gasteiger partial charge is 0.497 e. The SMILES string of the molecule is COc1ccc2ncc(CF)c([C@@H](O)CCC3(CO)CCN(CCSc4ccccn4)CC3)c2c1. The molecule has 0 spiro atoms. The van der Waals surface area contributed by atoms with Gasteiger partial charge in [0, 0.05) is 42.2 Å². The molecule has 1 aliphatic rings. The average molecular weight is 500 g/mol. The number of halogens is 1. The van der Waals surface area contributed by atoms with Gasteiger partial charge in [-0.2, -0.15) is 0 Å². The van der Waals surface area contributed by atoms with Gasteiger partial charge in [0.1, 0.15) is 12.4 Å². The molecule has 0 unspecified atom stereocenters. The van der Waals surface area contributed by atoms with Crippen LogP contribution in [0.1, 0.15) is 42.9 Å². The van der Waals surface area contributed by atoms with Crippen molar-refractivity contribution in [3.05, 3.63) is 59.9 Å². The first-order valence-corrected chi connectivity index (χ1v) is 13.1. The van der Waals surface area contributed by atoms with Gasteiger partial charge in [0.25, 0.3) is 0 Å². The molecule has 0 amide bonds. The van der Waals surface area contributed by atoms with Crippen molar-refractivity contribution in [2.45, 2.75) is 43.5 Å². The summed E-state index contributed by atoms with van der Waals surface area (Å²) >= 11 is 1.76. The highest BCUT2D eigenvalue weighted by Crippen LogP contribution is 2.40. The average Bonchev–Trinajstić information content (AvgIpc) is 2.92. The molecule has 1 fully saturated rings. The summed E-state index contributed by atoms with van der Waals surface area (Å²) in [4.78, 5) is 11.1. The number of aromatic nitrogens is 2. The number of aliphatic hydroxyl groups excluding tert-OH is 2. The summed E-state index contributed by atoms with van der Waals surface area (Å²) < 4.78 is 19.1. The predicted molar refractivity (Wildman–Crippen MR) is 137 cm³/mol. The molecule has 35 heavy (non-hydrogen) atoms. The number of alkyl halides is 1. The van der Waals surface area contributed by atoms with Gasteiger partial charge in [-0.3, -0.25) is 4.98 Å². The number of pyridine rings is 2. The van der Waals surface area contributed by atoms with Crippen LogP contribution >= 0.6 is 11.8 Å². The molecular formula is C27H34FN3O3S. The van der Waals surface area contributed by atoms with E-state index in [1.165, 1.54) is 6.20 Å². The number of aliphatic hydroxyl groups is 2. The van der Waals surface area contributed by atoms with Crippen molar-refractivity contribution in [1.29, 1.82) is 0 Å². The molecule has 6 nitrogen and oxygen atoms in total. The number of likely N-dealkylation sites (tertiary alicyclic amines) is 1. The minimum absolute atomic E-state index is 0.0944. The Kier molecular flexibility index (Phi) is 8.94. The molecule has 3 heterocycles. The maximum Gasteiger partial charge on any atom is 0.119 e. The van der Waals surface area contributed by atoms with E-state index < -0.39 is 12.8 Å². The molecule has 188 valence electrons. The van der Waals surface area contributed by atoms with E-state index in [4.69, 9.17) is 4.74 Å². The van der Waals surface area contributed by atoms with E-state index in [0.29, 0.717) is 40.6 Å². The van der Waals surface area contributed by atoms with Crippen LogP contribution in [-0.4, -0.2) is 64.2 Å². The van der Waals surface area contributed by atoms with Crippen molar-refractivity contribution in [1.82, 2.24) is 14.9 Å². The highest BCUT2D eigenvalue weighted by atomic mass is 32.2. The normalized spacial score (nSPS) is 16.9. The Morgan fingerprint density at radius 3 is 2.71 bits per heavy atom. The molecule has 4 rings (SSSR count). The van der Waals surface area contributed by atoms with E-state index >= 15 is 0 Å². The van der Waals surface area contributed by atoms with Gasteiger partial charge < -0.3 is 19.8 Å². The van der Waals surface area contributed by atoms with Crippen LogP contribution in [0.25, 0.3) is 10.9 Å². The first-order valence-electron chi connectivity index (χ1n) is 12.1. The summed E-state index contributed by atoms with van der Waals surface area (Å²) in [5, 5.41) is 23.2. The zero-order valence-electron chi connectivity index (χ0n) is 20.2. The second kappa shape index (κ2) is 12.1. The summed E-state index contributed by atoms with van der Waals surface area (Å²) in [6, 6.07) is 11.4. The standard InChI is InChI=1S/C27H34FN3O3S/c1-34-21-5-6-23-22(16-21)26(20(17-28)18-30-23)24(33)7-8-27(19-32)9-12-31(13-10-27)14-15-35-25-4-2-3-11-29-25/h2-6,11,16,18,24,32-33H,7-10,12-15,17,19H2,1H3/t24-/m0/s1. The van der Waals surface area contributed by atoms with Gasteiger partial charge in [0.15, 0.2) is 0 Å². The lowest BCUT2D eigenvalue weighted by molar-refractivity contribution is 0.0253. The number of methoxy groups -OCH3 is 1. The second-order valence-corrected chi connectivity index (χ2v) is 10.4. The molecule has 2 N–H and O–H groups in total. The first-order chi connectivity index (χ1) is 17.1. The zero-order chi connectivity index (χ0) is 24.7. The van der Waals surface area contributed by atoms with Crippen molar-refractivity contribution < 1.29 is 19.3 Å². The summed E-state index contributed by atoms with van der Waals surface area (Å²) in [7, 11) is 1.58. The van der Waals surface area contributed by atoms with Gasteiger partial charge in [-0.1, -0.05) is 6.07 Å². The van der Waals surface area contributed by atoms with Crippen LogP contribution in [0.3, 0.4) is 0 Å². The first kappa shape index (κ1) is 25.8. The lowest BCUT2D eigenvalue weighted by Gasteiger charge is -2.41. The molecule has 0 saturated carbocycles. The molecule has 0 radical (unpaired) electrons. The van der Waals surface area contributed by atoms with Crippen molar-refractivity contribution in [3.8, 4) is 5.75 Å². The molecule has 1 aliphatic heterocycles. The monoisotopic (exact) mass is 499 g/mol. The number of hydrogen-bond donors (Lipinski definition) is 2. The molecule has 1 aromatic carbocycles. The fraction of sp³-hybridized carbons (Fsp3) is 0.481. The molecule has 3 aromatic rings. The fourth-order valence-corrected chi connectivity index (χ4v) is 5.77. The minimum Gasteiger partial charge on any atom is -0.497 e. The van der Waals surface area contributed by atoms with Crippen LogP contribution in [0.2, 0.25) is 0 Å². The number of fused-ring (bicyclic) bond motifs is 1. The van der Waals surface area contributed by atoms with Crippen molar-refractivity contribution in [2.75, 3.05) is 39.1 Å². The topological polar surface area (TPSA) is 78.7 Å². The van der Waals surface area contributed by atoms with Crippen LogP contribution in [-0.2, 0) is 6.67 Å². The van der Waals surface area contributed by atoms with E-state index in [-0.39, 0.29) is 12.0 Å². The smallest absolute Gasteiger partial charge is 0.119 e. The summed E-state index contributed by atoms with van der Waals surface area (Å²) in [5.41, 5.74) is 1.46. The molecule has 2 aromatic heterocycles. The van der Waals surface area contributed by atoms with Gasteiger partial charge in [0.2, 0.25) is 0 Å². The molecule has 0 aliphatic carbocycles. The maximum absolute atomic E-state index is 13.8. The van der Waals surface area contributed by atoms with E-state index in [2.05, 4.69) is 14.9 Å². The quantitative estimate of drug-likeness (QED) is 0.367. The van der Waals surface area contributed by atoms with Crippen molar-refractivity contribution >= 4 is 22.7 Å². The van der Waals surface area contributed by atoms with Crippen LogP contribution in [0.15, 0.2) is 53.8 Å². The van der Waals surface area contributed by atoms with Crippen LogP contribution < -0.4 is 4.74 Å².